The maximum Gasteiger partial charge on any atom is 0.264 e. The number of sulfone groups is 1. The third-order valence-electron chi connectivity index (χ3n) is 4.56. The van der Waals surface area contributed by atoms with Crippen molar-refractivity contribution in [1.82, 2.24) is 9.80 Å². The number of allylic oxidation sites excluding steroid dienone is 5. The molecule has 1 saturated heterocycles. The van der Waals surface area contributed by atoms with Gasteiger partial charge in [0.05, 0.1) is 18.9 Å². The summed E-state index contributed by atoms with van der Waals surface area (Å²) in [6.45, 7) is 3.14. The van der Waals surface area contributed by atoms with Gasteiger partial charge in [-0.3, -0.25) is 4.18 Å². The van der Waals surface area contributed by atoms with E-state index in [9.17, 15) is 16.8 Å². The Bertz CT molecular complexity index is 933. The lowest BCUT2D eigenvalue weighted by Crippen LogP contribution is -2.28. The summed E-state index contributed by atoms with van der Waals surface area (Å²) in [5.41, 5.74) is 0.889. The minimum atomic E-state index is -3.60. The van der Waals surface area contributed by atoms with E-state index < -0.39 is 25.7 Å². The molecule has 0 bridgehead atoms. The van der Waals surface area contributed by atoms with Crippen LogP contribution in [-0.4, -0.2) is 76.8 Å². The maximum atomic E-state index is 12.3. The van der Waals surface area contributed by atoms with Crippen molar-refractivity contribution in [3.05, 3.63) is 34.5 Å². The van der Waals surface area contributed by atoms with Crippen molar-refractivity contribution in [3.8, 4) is 6.07 Å². The van der Waals surface area contributed by atoms with Gasteiger partial charge in [-0.25, -0.2) is 8.42 Å². The number of nitrogens with zero attached hydrogens (tertiary/aromatic N) is 3. The average molecular weight is 508 g/mol. The quantitative estimate of drug-likeness (QED) is 0.250. The number of alkyl halides is 1. The van der Waals surface area contributed by atoms with Crippen LogP contribution >= 0.6 is 15.9 Å². The molecule has 0 N–H and O–H groups in total. The van der Waals surface area contributed by atoms with Gasteiger partial charge in [-0.1, -0.05) is 28.1 Å². The van der Waals surface area contributed by atoms with Gasteiger partial charge in [0.15, 0.2) is 9.84 Å². The molecule has 0 saturated carbocycles. The summed E-state index contributed by atoms with van der Waals surface area (Å²) < 4.78 is 51.8. The Hall–Kier alpha value is -1.35. The fourth-order valence-corrected chi connectivity index (χ4v) is 5.02. The molecule has 11 heteroatoms. The van der Waals surface area contributed by atoms with Crippen LogP contribution in [0.25, 0.3) is 0 Å². The van der Waals surface area contributed by atoms with Crippen LogP contribution < -0.4 is 0 Å². The van der Waals surface area contributed by atoms with Gasteiger partial charge in [0.2, 0.25) is 0 Å². The number of rotatable bonds is 10. The molecule has 1 fully saturated rings. The van der Waals surface area contributed by atoms with Crippen LogP contribution in [0.5, 0.6) is 0 Å². The highest BCUT2D eigenvalue weighted by molar-refractivity contribution is 9.09. The first-order chi connectivity index (χ1) is 13.7. The Balaban J connectivity index is 2.21. The Labute approximate surface area is 181 Å². The first kappa shape index (κ1) is 23.9. The second kappa shape index (κ2) is 10.6. The van der Waals surface area contributed by atoms with E-state index in [2.05, 4.69) is 25.7 Å². The predicted octanol–water partition coefficient (Wildman–Crippen LogP) is 1.75. The third kappa shape index (κ3) is 7.13. The van der Waals surface area contributed by atoms with Crippen molar-refractivity contribution in [2.24, 2.45) is 0 Å². The summed E-state index contributed by atoms with van der Waals surface area (Å²) in [6, 6.07) is 1.72. The summed E-state index contributed by atoms with van der Waals surface area (Å²) in [7, 11) is -7.07. The van der Waals surface area contributed by atoms with Crippen LogP contribution in [0, 0.1) is 11.3 Å². The molecule has 2 aliphatic rings. The van der Waals surface area contributed by atoms with Gasteiger partial charge in [0, 0.05) is 42.8 Å². The van der Waals surface area contributed by atoms with Gasteiger partial charge in [0.1, 0.15) is 11.6 Å². The normalized spacial score (nSPS) is 20.1. The molecular formula is C18H26BrN3O5S2. The number of nitriles is 1. The van der Waals surface area contributed by atoms with Crippen molar-refractivity contribution in [3.63, 3.8) is 0 Å². The predicted molar refractivity (Wildman–Crippen MR) is 115 cm³/mol. The number of hydrogen-bond donors (Lipinski definition) is 0. The van der Waals surface area contributed by atoms with Crippen molar-refractivity contribution >= 4 is 35.9 Å². The second-order valence-corrected chi connectivity index (χ2v) is 11.3. The van der Waals surface area contributed by atoms with Crippen molar-refractivity contribution in [1.29, 1.82) is 5.26 Å². The van der Waals surface area contributed by atoms with E-state index in [1.165, 1.54) is 0 Å². The standard InChI is InChI=1S/C18H26BrN3O5S2/c1-28(23,24)27-13-4-10-22-12-11-21(9-3-7-19)18(22)16-5-2-6-17(15-16)29(25,26)14-8-20/h2,5-6H,3-4,7,9-15H2,1H3. The summed E-state index contributed by atoms with van der Waals surface area (Å²) >= 11 is 3.45. The van der Waals surface area contributed by atoms with E-state index in [0.29, 0.717) is 13.0 Å². The van der Waals surface area contributed by atoms with Gasteiger partial charge >= 0.3 is 0 Å². The van der Waals surface area contributed by atoms with Crippen molar-refractivity contribution in [2.75, 3.05) is 50.1 Å². The lowest BCUT2D eigenvalue weighted by Gasteiger charge is -2.28. The maximum absolute atomic E-state index is 12.3. The topological polar surface area (TPSA) is 108 Å². The van der Waals surface area contributed by atoms with E-state index in [-0.39, 0.29) is 17.9 Å². The van der Waals surface area contributed by atoms with E-state index in [0.717, 1.165) is 49.0 Å². The fourth-order valence-electron chi connectivity index (χ4n) is 3.33. The zero-order valence-electron chi connectivity index (χ0n) is 16.4. The van der Waals surface area contributed by atoms with Crippen LogP contribution in [0.4, 0.5) is 0 Å². The Morgan fingerprint density at radius 2 is 1.83 bits per heavy atom. The molecule has 0 spiro atoms. The first-order valence-corrected chi connectivity index (χ1v) is 13.9. The smallest absolute Gasteiger partial charge is 0.264 e. The third-order valence-corrected chi connectivity index (χ3v) is 7.30. The van der Waals surface area contributed by atoms with Gasteiger partial charge in [0.25, 0.3) is 10.1 Å². The molecule has 162 valence electrons. The van der Waals surface area contributed by atoms with Crippen LogP contribution in [-0.2, 0) is 24.1 Å². The average Bonchev–Trinajstić information content (AvgIpc) is 3.05. The van der Waals surface area contributed by atoms with E-state index in [1.54, 1.807) is 18.2 Å². The first-order valence-electron chi connectivity index (χ1n) is 9.28. The molecule has 2 rings (SSSR count). The van der Waals surface area contributed by atoms with Crippen molar-refractivity contribution < 1.29 is 21.0 Å². The summed E-state index contributed by atoms with van der Waals surface area (Å²) in [5.74, 6) is 0.439. The molecule has 0 aromatic heterocycles. The van der Waals surface area contributed by atoms with Gasteiger partial charge in [-0.2, -0.15) is 13.7 Å². The van der Waals surface area contributed by atoms with Crippen LogP contribution in [0.15, 0.2) is 34.5 Å². The van der Waals surface area contributed by atoms with Crippen LogP contribution in [0.2, 0.25) is 0 Å². The summed E-state index contributed by atoms with van der Waals surface area (Å²) in [6.07, 6.45) is 7.93. The highest BCUT2D eigenvalue weighted by Gasteiger charge is 2.29. The largest absolute Gasteiger partial charge is 0.356 e. The molecule has 1 aliphatic heterocycles. The zero-order valence-corrected chi connectivity index (χ0v) is 19.6. The highest BCUT2D eigenvalue weighted by Crippen LogP contribution is 2.31. The summed E-state index contributed by atoms with van der Waals surface area (Å²) in [4.78, 5) is 4.63. The minimum Gasteiger partial charge on any atom is -0.356 e. The second-order valence-electron chi connectivity index (χ2n) is 6.83. The number of halogens is 1. The molecule has 0 atom stereocenters. The Kier molecular flexibility index (Phi) is 8.75. The van der Waals surface area contributed by atoms with E-state index in [1.807, 2.05) is 6.08 Å². The molecule has 0 aromatic carbocycles. The molecule has 1 heterocycles. The van der Waals surface area contributed by atoms with Crippen LogP contribution in [0.1, 0.15) is 19.3 Å². The molecular weight excluding hydrogens is 482 g/mol. The number of hydrogen-bond acceptors (Lipinski definition) is 8. The molecule has 0 radical (unpaired) electrons. The molecule has 0 unspecified atom stereocenters. The zero-order chi connectivity index (χ0) is 21.5. The van der Waals surface area contributed by atoms with E-state index in [4.69, 9.17) is 9.44 Å². The van der Waals surface area contributed by atoms with Gasteiger partial charge in [-0.05, 0) is 24.5 Å². The molecule has 0 amide bonds. The SMILES string of the molecule is CS(=O)(=O)OCCCN1CCN(CCCBr)C1=C1C=CC=C(S(=O)(=O)CC#N)C1. The molecule has 8 nitrogen and oxygen atoms in total. The van der Waals surface area contributed by atoms with Gasteiger partial charge in [-0.15, -0.1) is 0 Å². The molecule has 0 aromatic rings. The lowest BCUT2D eigenvalue weighted by molar-refractivity contribution is 0.274. The Morgan fingerprint density at radius 3 is 2.41 bits per heavy atom. The highest BCUT2D eigenvalue weighted by atomic mass is 79.9. The van der Waals surface area contributed by atoms with Crippen molar-refractivity contribution in [2.45, 2.75) is 19.3 Å². The van der Waals surface area contributed by atoms with Gasteiger partial charge < -0.3 is 9.80 Å². The van der Waals surface area contributed by atoms with Crippen LogP contribution in [0.3, 0.4) is 0 Å². The monoisotopic (exact) mass is 507 g/mol. The van der Waals surface area contributed by atoms with E-state index >= 15 is 0 Å². The summed E-state index contributed by atoms with van der Waals surface area (Å²) in [5, 5.41) is 9.67. The molecule has 29 heavy (non-hydrogen) atoms. The molecule has 1 aliphatic carbocycles. The minimum absolute atomic E-state index is 0.108. The Morgan fingerprint density at radius 1 is 1.17 bits per heavy atom. The lowest BCUT2D eigenvalue weighted by atomic mass is 10.1. The fraction of sp³-hybridized carbons (Fsp3) is 0.611.